The molecule has 0 fully saturated rings. The van der Waals surface area contributed by atoms with Gasteiger partial charge in [0.2, 0.25) is 5.91 Å². The highest BCUT2D eigenvalue weighted by Gasteiger charge is 2.06. The Morgan fingerprint density at radius 2 is 2.05 bits per heavy atom. The second-order valence-corrected chi connectivity index (χ2v) is 5.62. The molecule has 2 aromatic rings. The number of aryl methyl sites for hydroxylation is 1. The maximum atomic E-state index is 12.9. The molecule has 0 bridgehead atoms. The molecule has 0 aliphatic heterocycles. The van der Waals surface area contributed by atoms with Gasteiger partial charge >= 0.3 is 0 Å². The number of nitrogens with zero attached hydrogens (tertiary/aromatic N) is 1. The van der Waals surface area contributed by atoms with E-state index in [1.165, 1.54) is 11.3 Å². The number of rotatable bonds is 6. The van der Waals surface area contributed by atoms with E-state index in [9.17, 15) is 13.6 Å². The van der Waals surface area contributed by atoms with Crippen LogP contribution >= 0.6 is 11.3 Å². The topological polar surface area (TPSA) is 51.2 Å². The summed E-state index contributed by atoms with van der Waals surface area (Å²) in [5.74, 6) is -1.44. The first kappa shape index (κ1) is 15.4. The van der Waals surface area contributed by atoms with Gasteiger partial charge in [0.05, 0.1) is 6.61 Å². The summed E-state index contributed by atoms with van der Waals surface area (Å²) in [6.07, 6.45) is 2.37. The van der Waals surface area contributed by atoms with E-state index in [1.807, 2.05) is 6.92 Å². The monoisotopic (exact) mass is 312 g/mol. The highest BCUT2D eigenvalue weighted by molar-refractivity contribution is 7.15. The predicted molar refractivity (Wildman–Crippen MR) is 76.6 cm³/mol. The van der Waals surface area contributed by atoms with E-state index in [2.05, 4.69) is 10.3 Å². The highest BCUT2D eigenvalue weighted by atomic mass is 32.1. The first-order valence-electron chi connectivity index (χ1n) is 6.34. The number of amides is 1. The number of carbonyl (C=O) groups excluding carboxylic acids is 1. The van der Waals surface area contributed by atoms with Gasteiger partial charge in [0.1, 0.15) is 17.4 Å². The van der Waals surface area contributed by atoms with Crippen LogP contribution in [0.5, 0.6) is 5.75 Å². The molecule has 0 unspecified atom stereocenters. The van der Waals surface area contributed by atoms with Crippen molar-refractivity contribution in [2.75, 3.05) is 11.9 Å². The minimum atomic E-state index is -0.693. The van der Waals surface area contributed by atoms with E-state index in [0.717, 1.165) is 23.1 Å². The van der Waals surface area contributed by atoms with E-state index in [-0.39, 0.29) is 24.7 Å². The van der Waals surface area contributed by atoms with E-state index >= 15 is 0 Å². The van der Waals surface area contributed by atoms with Gasteiger partial charge in [-0.25, -0.2) is 13.8 Å². The number of benzene rings is 1. The van der Waals surface area contributed by atoms with Crippen molar-refractivity contribution in [1.29, 1.82) is 0 Å². The largest absolute Gasteiger partial charge is 0.493 e. The van der Waals surface area contributed by atoms with Crippen molar-refractivity contribution < 1.29 is 18.3 Å². The van der Waals surface area contributed by atoms with Gasteiger partial charge in [0.15, 0.2) is 5.13 Å². The fraction of sp³-hybridized carbons (Fsp3) is 0.286. The average molecular weight is 312 g/mol. The van der Waals surface area contributed by atoms with Crippen molar-refractivity contribution in [2.45, 2.75) is 19.8 Å². The molecule has 1 amide bonds. The van der Waals surface area contributed by atoms with Crippen LogP contribution in [-0.2, 0) is 4.79 Å². The lowest BCUT2D eigenvalue weighted by Gasteiger charge is -2.06. The Morgan fingerprint density at radius 3 is 2.67 bits per heavy atom. The Kier molecular flexibility index (Phi) is 5.21. The van der Waals surface area contributed by atoms with Gasteiger partial charge < -0.3 is 10.1 Å². The third kappa shape index (κ3) is 5.11. The smallest absolute Gasteiger partial charge is 0.226 e. The highest BCUT2D eigenvalue weighted by Crippen LogP contribution is 2.17. The molecular weight excluding hydrogens is 298 g/mol. The zero-order chi connectivity index (χ0) is 15.2. The quantitative estimate of drug-likeness (QED) is 0.830. The minimum Gasteiger partial charge on any atom is -0.493 e. The van der Waals surface area contributed by atoms with Crippen LogP contribution in [0.1, 0.15) is 17.7 Å². The molecular formula is C14H14F2N2O2S. The lowest BCUT2D eigenvalue weighted by molar-refractivity contribution is -0.116. The van der Waals surface area contributed by atoms with Gasteiger partial charge in [0, 0.05) is 35.7 Å². The Balaban J connectivity index is 1.70. The summed E-state index contributed by atoms with van der Waals surface area (Å²) < 4.78 is 31.0. The summed E-state index contributed by atoms with van der Waals surface area (Å²) in [5, 5.41) is 3.23. The van der Waals surface area contributed by atoms with Crippen LogP contribution in [0.2, 0.25) is 0 Å². The maximum Gasteiger partial charge on any atom is 0.226 e. The van der Waals surface area contributed by atoms with Gasteiger partial charge in [-0.15, -0.1) is 11.3 Å². The van der Waals surface area contributed by atoms with Crippen molar-refractivity contribution in [2.24, 2.45) is 0 Å². The number of ether oxygens (including phenoxy) is 1. The number of nitrogens with one attached hydrogen (secondary N) is 1. The molecule has 21 heavy (non-hydrogen) atoms. The number of aromatic nitrogens is 1. The number of thiazole rings is 1. The van der Waals surface area contributed by atoms with Crippen LogP contribution in [0.15, 0.2) is 24.4 Å². The molecule has 2 rings (SSSR count). The standard InChI is InChI=1S/C14H14F2N2O2S/c1-9-8-17-14(21-9)18-13(19)3-2-4-20-12-6-10(15)5-11(16)7-12/h5-8H,2-4H2,1H3,(H,17,18,19). The summed E-state index contributed by atoms with van der Waals surface area (Å²) in [5.41, 5.74) is 0. The number of anilines is 1. The van der Waals surface area contributed by atoms with E-state index in [0.29, 0.717) is 11.6 Å². The molecule has 0 aliphatic carbocycles. The third-order valence-electron chi connectivity index (χ3n) is 2.52. The summed E-state index contributed by atoms with van der Waals surface area (Å²) in [4.78, 5) is 16.7. The van der Waals surface area contributed by atoms with Crippen LogP contribution in [-0.4, -0.2) is 17.5 Å². The normalized spacial score (nSPS) is 10.4. The predicted octanol–water partition coefficient (Wildman–Crippen LogP) is 3.53. The molecule has 112 valence electrons. The third-order valence-corrected chi connectivity index (χ3v) is 3.35. The van der Waals surface area contributed by atoms with Gasteiger partial charge in [-0.2, -0.15) is 0 Å². The summed E-state index contributed by atoms with van der Waals surface area (Å²) in [6.45, 7) is 2.10. The van der Waals surface area contributed by atoms with E-state index < -0.39 is 11.6 Å². The molecule has 0 radical (unpaired) electrons. The summed E-state index contributed by atoms with van der Waals surface area (Å²) >= 11 is 1.40. The molecule has 1 heterocycles. The van der Waals surface area contributed by atoms with Crippen LogP contribution in [0.3, 0.4) is 0 Å². The number of hydrogen-bond donors (Lipinski definition) is 1. The first-order valence-corrected chi connectivity index (χ1v) is 7.16. The van der Waals surface area contributed by atoms with Gasteiger partial charge in [-0.1, -0.05) is 0 Å². The molecule has 0 spiro atoms. The number of halogens is 2. The lowest BCUT2D eigenvalue weighted by atomic mass is 10.3. The van der Waals surface area contributed by atoms with Crippen molar-refractivity contribution >= 4 is 22.4 Å². The zero-order valence-corrected chi connectivity index (χ0v) is 12.2. The Hall–Kier alpha value is -2.02. The Labute approximate surface area is 124 Å². The molecule has 4 nitrogen and oxygen atoms in total. The fourth-order valence-corrected chi connectivity index (χ4v) is 2.31. The second kappa shape index (κ2) is 7.12. The zero-order valence-electron chi connectivity index (χ0n) is 11.4. The summed E-state index contributed by atoms with van der Waals surface area (Å²) in [7, 11) is 0. The van der Waals surface area contributed by atoms with Gasteiger partial charge in [-0.3, -0.25) is 4.79 Å². The van der Waals surface area contributed by atoms with Crippen molar-refractivity contribution in [3.8, 4) is 5.75 Å². The Bertz CT molecular complexity index is 611. The fourth-order valence-electron chi connectivity index (χ4n) is 1.63. The van der Waals surface area contributed by atoms with E-state index in [4.69, 9.17) is 4.74 Å². The molecule has 7 heteroatoms. The summed E-state index contributed by atoms with van der Waals surface area (Å²) in [6, 6.07) is 2.97. The van der Waals surface area contributed by atoms with Gasteiger partial charge in [0.25, 0.3) is 0 Å². The van der Waals surface area contributed by atoms with Crippen LogP contribution in [0.4, 0.5) is 13.9 Å². The lowest BCUT2D eigenvalue weighted by Crippen LogP contribution is -2.12. The molecule has 1 aromatic heterocycles. The first-order chi connectivity index (χ1) is 10.0. The van der Waals surface area contributed by atoms with Crippen molar-refractivity contribution in [3.05, 3.63) is 40.9 Å². The molecule has 0 saturated carbocycles. The van der Waals surface area contributed by atoms with Gasteiger partial charge in [-0.05, 0) is 13.3 Å². The molecule has 1 aromatic carbocycles. The second-order valence-electron chi connectivity index (χ2n) is 4.38. The van der Waals surface area contributed by atoms with Crippen LogP contribution < -0.4 is 10.1 Å². The van der Waals surface area contributed by atoms with E-state index in [1.54, 1.807) is 6.20 Å². The molecule has 0 atom stereocenters. The van der Waals surface area contributed by atoms with Crippen molar-refractivity contribution in [3.63, 3.8) is 0 Å². The molecule has 1 N–H and O–H groups in total. The molecule has 0 aliphatic rings. The minimum absolute atomic E-state index is 0.114. The number of carbonyl (C=O) groups is 1. The SMILES string of the molecule is Cc1cnc(NC(=O)CCCOc2cc(F)cc(F)c2)s1. The molecule has 0 saturated heterocycles. The van der Waals surface area contributed by atoms with Crippen LogP contribution in [0.25, 0.3) is 0 Å². The number of hydrogen-bond acceptors (Lipinski definition) is 4. The van der Waals surface area contributed by atoms with Crippen LogP contribution in [0, 0.1) is 18.6 Å². The average Bonchev–Trinajstić information content (AvgIpc) is 2.79. The maximum absolute atomic E-state index is 12.9. The van der Waals surface area contributed by atoms with Crippen molar-refractivity contribution in [1.82, 2.24) is 4.98 Å². The Morgan fingerprint density at radius 1 is 1.33 bits per heavy atom.